The summed E-state index contributed by atoms with van der Waals surface area (Å²) < 4.78 is 30.2. The van der Waals surface area contributed by atoms with E-state index < -0.39 is 9.84 Å². The molecule has 8 heteroatoms. The van der Waals surface area contributed by atoms with Crippen molar-refractivity contribution in [3.8, 4) is 11.6 Å². The van der Waals surface area contributed by atoms with Crippen molar-refractivity contribution in [2.24, 2.45) is 0 Å². The predicted molar refractivity (Wildman–Crippen MR) is 108 cm³/mol. The van der Waals surface area contributed by atoms with Crippen LogP contribution in [-0.2, 0) is 16.4 Å². The summed E-state index contributed by atoms with van der Waals surface area (Å²) >= 11 is 3.43. The van der Waals surface area contributed by atoms with E-state index in [-0.39, 0.29) is 4.90 Å². The number of rotatable bonds is 6. The first-order chi connectivity index (χ1) is 12.8. The third-order valence-corrected chi connectivity index (χ3v) is 5.75. The molecule has 2 aromatic heterocycles. The van der Waals surface area contributed by atoms with Gasteiger partial charge >= 0.3 is 0 Å². The summed E-state index contributed by atoms with van der Waals surface area (Å²) in [4.78, 5) is 8.79. The van der Waals surface area contributed by atoms with Gasteiger partial charge in [0.1, 0.15) is 11.6 Å². The van der Waals surface area contributed by atoms with Crippen LogP contribution in [0.15, 0.2) is 64.2 Å². The van der Waals surface area contributed by atoms with Crippen LogP contribution in [0.4, 0.5) is 5.82 Å². The molecule has 0 saturated heterocycles. The Morgan fingerprint density at radius 1 is 1.15 bits per heavy atom. The number of ether oxygens (including phenoxy) is 1. The number of halogens is 1. The van der Waals surface area contributed by atoms with Crippen LogP contribution < -0.4 is 10.1 Å². The van der Waals surface area contributed by atoms with Gasteiger partial charge in [-0.3, -0.25) is 0 Å². The van der Waals surface area contributed by atoms with E-state index >= 15 is 0 Å². The summed E-state index contributed by atoms with van der Waals surface area (Å²) in [5, 5.41) is 3.24. The van der Waals surface area contributed by atoms with Gasteiger partial charge in [0.25, 0.3) is 0 Å². The van der Waals surface area contributed by atoms with E-state index in [1.807, 2.05) is 25.1 Å². The summed E-state index contributed by atoms with van der Waals surface area (Å²) in [6.45, 7) is 2.45. The van der Waals surface area contributed by atoms with Gasteiger partial charge in [-0.25, -0.2) is 18.4 Å². The number of nitrogens with zero attached hydrogens (tertiary/aromatic N) is 2. The van der Waals surface area contributed by atoms with E-state index in [1.54, 1.807) is 24.5 Å². The van der Waals surface area contributed by atoms with Crippen molar-refractivity contribution in [3.63, 3.8) is 0 Å². The summed E-state index contributed by atoms with van der Waals surface area (Å²) in [6.07, 6.45) is 4.53. The van der Waals surface area contributed by atoms with E-state index in [4.69, 9.17) is 4.74 Å². The number of aromatic nitrogens is 2. The lowest BCUT2D eigenvalue weighted by atomic mass is 10.2. The van der Waals surface area contributed by atoms with Crippen LogP contribution in [0.1, 0.15) is 11.1 Å². The van der Waals surface area contributed by atoms with Crippen LogP contribution in [0.5, 0.6) is 11.6 Å². The Kier molecular flexibility index (Phi) is 5.76. The Morgan fingerprint density at radius 3 is 2.70 bits per heavy atom. The Morgan fingerprint density at radius 2 is 1.96 bits per heavy atom. The zero-order valence-electron chi connectivity index (χ0n) is 14.8. The van der Waals surface area contributed by atoms with Crippen molar-refractivity contribution in [1.29, 1.82) is 0 Å². The second-order valence-electron chi connectivity index (χ2n) is 5.99. The van der Waals surface area contributed by atoms with Gasteiger partial charge in [0.2, 0.25) is 5.88 Å². The van der Waals surface area contributed by atoms with Crippen molar-refractivity contribution in [3.05, 3.63) is 70.5 Å². The molecule has 0 aliphatic rings. The maximum absolute atomic E-state index is 11.7. The predicted octanol–water partition coefficient (Wildman–Crippen LogP) is 4.36. The fourth-order valence-electron chi connectivity index (χ4n) is 2.35. The summed E-state index contributed by atoms with van der Waals surface area (Å²) in [7, 11) is -3.31. The van der Waals surface area contributed by atoms with Crippen LogP contribution in [-0.4, -0.2) is 24.6 Å². The molecule has 0 saturated carbocycles. The third-order valence-electron chi connectivity index (χ3n) is 3.81. The van der Waals surface area contributed by atoms with Gasteiger partial charge in [0.15, 0.2) is 9.84 Å². The molecular formula is C19H18BrN3O3S. The number of hydrogen-bond donors (Lipinski definition) is 1. The van der Waals surface area contributed by atoms with E-state index in [9.17, 15) is 8.42 Å². The molecule has 0 spiro atoms. The molecule has 0 atom stereocenters. The molecule has 1 N–H and O–H groups in total. The average Bonchev–Trinajstić information content (AvgIpc) is 2.63. The van der Waals surface area contributed by atoms with E-state index in [2.05, 4.69) is 31.2 Å². The zero-order chi connectivity index (χ0) is 19.4. The smallest absolute Gasteiger partial charge is 0.224 e. The van der Waals surface area contributed by atoms with E-state index in [1.165, 1.54) is 12.1 Å². The number of nitrogens with one attached hydrogen (secondary N) is 1. The minimum atomic E-state index is -3.31. The van der Waals surface area contributed by atoms with Crippen molar-refractivity contribution < 1.29 is 13.2 Å². The van der Waals surface area contributed by atoms with Crippen LogP contribution in [0.3, 0.4) is 0 Å². The average molecular weight is 448 g/mol. The molecule has 6 nitrogen and oxygen atoms in total. The maximum Gasteiger partial charge on any atom is 0.224 e. The molecule has 0 unspecified atom stereocenters. The van der Waals surface area contributed by atoms with Crippen molar-refractivity contribution in [1.82, 2.24) is 9.97 Å². The van der Waals surface area contributed by atoms with Crippen molar-refractivity contribution >= 4 is 31.6 Å². The second-order valence-corrected chi connectivity index (χ2v) is 8.86. The van der Waals surface area contributed by atoms with Gasteiger partial charge in [-0.15, -0.1) is 0 Å². The quantitative estimate of drug-likeness (QED) is 0.604. The fraction of sp³-hybridized carbons (Fsp3) is 0.158. The number of pyridine rings is 2. The van der Waals surface area contributed by atoms with Gasteiger partial charge in [-0.1, -0.05) is 12.1 Å². The Labute approximate surface area is 166 Å². The largest absolute Gasteiger partial charge is 0.439 e. The highest BCUT2D eigenvalue weighted by atomic mass is 79.9. The van der Waals surface area contributed by atoms with Crippen molar-refractivity contribution in [2.45, 2.75) is 18.4 Å². The van der Waals surface area contributed by atoms with Crippen LogP contribution in [0.25, 0.3) is 0 Å². The first-order valence-electron chi connectivity index (χ1n) is 8.11. The molecule has 3 aromatic rings. The highest BCUT2D eigenvalue weighted by molar-refractivity contribution is 9.10. The number of anilines is 1. The molecule has 0 radical (unpaired) electrons. The minimum Gasteiger partial charge on any atom is -0.439 e. The molecule has 2 heterocycles. The van der Waals surface area contributed by atoms with E-state index in [0.717, 1.165) is 27.7 Å². The topological polar surface area (TPSA) is 81.2 Å². The summed E-state index contributed by atoms with van der Waals surface area (Å²) in [6, 6.07) is 12.0. The first-order valence-corrected chi connectivity index (χ1v) is 10.8. The molecule has 140 valence electrons. The Balaban J connectivity index is 1.79. The molecule has 0 aliphatic heterocycles. The van der Waals surface area contributed by atoms with Crippen LogP contribution >= 0.6 is 15.9 Å². The molecule has 0 amide bonds. The van der Waals surface area contributed by atoms with Gasteiger partial charge in [0.05, 0.1) is 4.90 Å². The SMILES string of the molecule is Cc1cc(NCc2cccnc2Oc2cccc(S(C)(=O)=O)c2)ncc1Br. The number of benzene rings is 1. The molecule has 0 bridgehead atoms. The molecule has 0 fully saturated rings. The van der Waals surface area contributed by atoms with Crippen LogP contribution in [0, 0.1) is 6.92 Å². The molecule has 27 heavy (non-hydrogen) atoms. The van der Waals surface area contributed by atoms with Gasteiger partial charge in [-0.05, 0) is 58.7 Å². The lowest BCUT2D eigenvalue weighted by Crippen LogP contribution is -2.04. The Bertz CT molecular complexity index is 1070. The lowest BCUT2D eigenvalue weighted by Gasteiger charge is -2.12. The number of hydrogen-bond acceptors (Lipinski definition) is 6. The number of aryl methyl sites for hydroxylation is 1. The van der Waals surface area contributed by atoms with Gasteiger partial charge < -0.3 is 10.1 Å². The highest BCUT2D eigenvalue weighted by Gasteiger charge is 2.11. The molecule has 0 aliphatic carbocycles. The summed E-state index contributed by atoms with van der Waals surface area (Å²) in [5.74, 6) is 1.56. The summed E-state index contributed by atoms with van der Waals surface area (Å²) in [5.41, 5.74) is 1.90. The molecule has 1 aromatic carbocycles. The van der Waals surface area contributed by atoms with E-state index in [0.29, 0.717) is 18.2 Å². The monoisotopic (exact) mass is 447 g/mol. The van der Waals surface area contributed by atoms with Gasteiger partial charge in [0, 0.05) is 35.2 Å². The molecular weight excluding hydrogens is 430 g/mol. The van der Waals surface area contributed by atoms with Crippen molar-refractivity contribution in [2.75, 3.05) is 11.6 Å². The standard InChI is InChI=1S/C19H18BrN3O3S/c1-13-9-18(23-12-17(13)20)22-11-14-5-4-8-21-19(14)26-15-6-3-7-16(10-15)27(2,24)25/h3-10,12H,11H2,1-2H3,(H,22,23). The maximum atomic E-state index is 11.7. The molecule has 3 rings (SSSR count). The Hall–Kier alpha value is -2.45. The zero-order valence-corrected chi connectivity index (χ0v) is 17.2. The second kappa shape index (κ2) is 8.06. The fourth-order valence-corrected chi connectivity index (χ4v) is 3.23. The highest BCUT2D eigenvalue weighted by Crippen LogP contribution is 2.26. The normalized spacial score (nSPS) is 11.2. The van der Waals surface area contributed by atoms with Crippen LogP contribution in [0.2, 0.25) is 0 Å². The third kappa shape index (κ3) is 5.05. The number of sulfone groups is 1. The lowest BCUT2D eigenvalue weighted by molar-refractivity contribution is 0.455. The first kappa shape index (κ1) is 19.3. The van der Waals surface area contributed by atoms with Gasteiger partial charge in [-0.2, -0.15) is 0 Å². The minimum absolute atomic E-state index is 0.199.